The van der Waals surface area contributed by atoms with E-state index >= 15 is 0 Å². The van der Waals surface area contributed by atoms with Crippen LogP contribution in [0.4, 0.5) is 0 Å². The van der Waals surface area contributed by atoms with Crippen LogP contribution in [0.25, 0.3) is 17.1 Å². The number of rotatable bonds is 11. The Labute approximate surface area is 212 Å². The molecule has 0 saturated carbocycles. The number of aryl methyl sites for hydroxylation is 1. The summed E-state index contributed by atoms with van der Waals surface area (Å²) in [5.41, 5.74) is 3.69. The Hall–Kier alpha value is -4.13. The van der Waals surface area contributed by atoms with Gasteiger partial charge in [-0.05, 0) is 61.7 Å². The number of carbonyl (C=O) groups is 1. The second-order valence-corrected chi connectivity index (χ2v) is 8.53. The maximum absolute atomic E-state index is 12.8. The van der Waals surface area contributed by atoms with Crippen molar-refractivity contribution in [2.45, 2.75) is 32.9 Å². The minimum atomic E-state index is -0.0567. The average Bonchev–Trinajstić information content (AvgIpc) is 3.26. The molecule has 0 saturated heterocycles. The van der Waals surface area contributed by atoms with Crippen LogP contribution in [0.1, 0.15) is 41.5 Å². The fourth-order valence-corrected chi connectivity index (χ4v) is 4.15. The van der Waals surface area contributed by atoms with Gasteiger partial charge in [0.15, 0.2) is 11.5 Å². The third kappa shape index (κ3) is 5.92. The lowest BCUT2D eigenvalue weighted by Gasteiger charge is -2.18. The second-order valence-electron chi connectivity index (χ2n) is 8.53. The van der Waals surface area contributed by atoms with Crippen molar-refractivity contribution in [3.8, 4) is 11.5 Å². The number of unbranched alkanes of at least 4 members (excludes halogenated alkanes) is 1. The number of allylic oxidation sites excluding steroid dienone is 1. The van der Waals surface area contributed by atoms with Crippen LogP contribution in [0.3, 0.4) is 0 Å². The number of imidazole rings is 1. The first kappa shape index (κ1) is 25.0. The highest BCUT2D eigenvalue weighted by atomic mass is 16.5. The molecule has 2 aromatic heterocycles. The number of fused-ring (bicyclic) bond motifs is 1. The summed E-state index contributed by atoms with van der Waals surface area (Å²) in [5.74, 6) is 2.29. The molecule has 0 spiro atoms. The van der Waals surface area contributed by atoms with Gasteiger partial charge in [0.25, 0.3) is 5.91 Å². The smallest absolute Gasteiger partial charge is 0.254 e. The van der Waals surface area contributed by atoms with E-state index in [4.69, 9.17) is 14.5 Å². The van der Waals surface area contributed by atoms with Crippen molar-refractivity contribution in [2.24, 2.45) is 0 Å². The largest absolute Gasteiger partial charge is 0.493 e. The summed E-state index contributed by atoms with van der Waals surface area (Å²) in [6.07, 6.45) is 9.07. The van der Waals surface area contributed by atoms with Gasteiger partial charge < -0.3 is 18.9 Å². The molecule has 0 atom stereocenters. The SMILES string of the molecule is C/C=C/c1ccc(OCCCCn2c(CN(C)C(=O)c3ccncc3)nc3ccccc32)c(OC)c1. The van der Waals surface area contributed by atoms with Crippen LogP contribution in [0.5, 0.6) is 11.5 Å². The predicted octanol–water partition coefficient (Wildman–Crippen LogP) is 5.60. The number of aromatic nitrogens is 3. The van der Waals surface area contributed by atoms with E-state index in [2.05, 4.69) is 15.6 Å². The van der Waals surface area contributed by atoms with E-state index in [0.717, 1.165) is 53.3 Å². The van der Waals surface area contributed by atoms with E-state index < -0.39 is 0 Å². The van der Waals surface area contributed by atoms with Gasteiger partial charge in [-0.3, -0.25) is 9.78 Å². The molecule has 2 aromatic carbocycles. The van der Waals surface area contributed by atoms with Gasteiger partial charge in [0.2, 0.25) is 0 Å². The van der Waals surface area contributed by atoms with Gasteiger partial charge in [-0.15, -0.1) is 0 Å². The Bertz CT molecular complexity index is 1330. The van der Waals surface area contributed by atoms with Gasteiger partial charge in [0.05, 0.1) is 31.3 Å². The van der Waals surface area contributed by atoms with E-state index in [1.807, 2.05) is 55.5 Å². The summed E-state index contributed by atoms with van der Waals surface area (Å²) in [4.78, 5) is 23.4. The van der Waals surface area contributed by atoms with E-state index in [1.165, 1.54) is 0 Å². The van der Waals surface area contributed by atoms with Gasteiger partial charge in [0, 0.05) is 31.5 Å². The Kier molecular flexibility index (Phi) is 8.34. The molecule has 0 fully saturated rings. The Morgan fingerprint density at radius 1 is 1.06 bits per heavy atom. The number of methoxy groups -OCH3 is 1. The van der Waals surface area contributed by atoms with Crippen molar-refractivity contribution in [1.29, 1.82) is 0 Å². The molecule has 0 radical (unpaired) electrons. The second kappa shape index (κ2) is 12.0. The molecule has 0 aliphatic carbocycles. The third-order valence-electron chi connectivity index (χ3n) is 5.97. The minimum absolute atomic E-state index is 0.0567. The lowest BCUT2D eigenvalue weighted by molar-refractivity contribution is 0.0780. The number of amides is 1. The summed E-state index contributed by atoms with van der Waals surface area (Å²) in [7, 11) is 3.46. The highest BCUT2D eigenvalue weighted by molar-refractivity contribution is 5.93. The Morgan fingerprint density at radius 2 is 1.86 bits per heavy atom. The molecule has 0 N–H and O–H groups in total. The zero-order valence-electron chi connectivity index (χ0n) is 21.1. The molecular weight excluding hydrogens is 452 g/mol. The van der Waals surface area contributed by atoms with Crippen LogP contribution in [-0.2, 0) is 13.1 Å². The number of carbonyl (C=O) groups excluding carboxylic acids is 1. The molecule has 4 rings (SSSR count). The molecule has 36 heavy (non-hydrogen) atoms. The first-order chi connectivity index (χ1) is 17.6. The first-order valence-corrected chi connectivity index (χ1v) is 12.1. The monoisotopic (exact) mass is 484 g/mol. The zero-order chi connectivity index (χ0) is 25.3. The van der Waals surface area contributed by atoms with Crippen molar-refractivity contribution < 1.29 is 14.3 Å². The number of para-hydroxylation sites is 2. The van der Waals surface area contributed by atoms with E-state index in [0.29, 0.717) is 18.7 Å². The molecule has 0 unspecified atom stereocenters. The van der Waals surface area contributed by atoms with E-state index in [-0.39, 0.29) is 5.91 Å². The molecule has 4 aromatic rings. The number of pyridine rings is 1. The van der Waals surface area contributed by atoms with Crippen LogP contribution >= 0.6 is 0 Å². The van der Waals surface area contributed by atoms with Crippen molar-refractivity contribution in [3.63, 3.8) is 0 Å². The van der Waals surface area contributed by atoms with Crippen LogP contribution in [0, 0.1) is 0 Å². The zero-order valence-corrected chi connectivity index (χ0v) is 21.1. The molecule has 0 aliphatic heterocycles. The lowest BCUT2D eigenvalue weighted by Crippen LogP contribution is -2.27. The summed E-state index contributed by atoms with van der Waals surface area (Å²) in [6.45, 7) is 3.78. The standard InChI is InChI=1S/C29H32N4O3/c1-4-9-22-12-13-26(27(20-22)35-3)36-19-8-7-18-33-25-11-6-5-10-24(25)31-28(33)21-32(2)29(34)23-14-16-30-17-15-23/h4-6,9-17,20H,7-8,18-19,21H2,1-3H3/b9-4+. The van der Waals surface area contributed by atoms with Crippen molar-refractivity contribution in [2.75, 3.05) is 20.8 Å². The molecule has 7 nitrogen and oxygen atoms in total. The molecular formula is C29H32N4O3. The molecule has 186 valence electrons. The van der Waals surface area contributed by atoms with Gasteiger partial charge in [-0.25, -0.2) is 4.98 Å². The van der Waals surface area contributed by atoms with E-state index in [9.17, 15) is 4.79 Å². The summed E-state index contributed by atoms with van der Waals surface area (Å²) >= 11 is 0. The van der Waals surface area contributed by atoms with Crippen LogP contribution in [0.15, 0.2) is 73.1 Å². The number of ether oxygens (including phenoxy) is 2. The normalized spacial score (nSPS) is 11.2. The third-order valence-corrected chi connectivity index (χ3v) is 5.97. The molecule has 0 aliphatic rings. The van der Waals surface area contributed by atoms with Crippen molar-refractivity contribution in [3.05, 3.63) is 90.0 Å². The van der Waals surface area contributed by atoms with Crippen LogP contribution in [-0.4, -0.2) is 46.1 Å². The summed E-state index contributed by atoms with van der Waals surface area (Å²) in [5, 5.41) is 0. The lowest BCUT2D eigenvalue weighted by atomic mass is 10.2. The van der Waals surface area contributed by atoms with Crippen LogP contribution in [0.2, 0.25) is 0 Å². The quantitative estimate of drug-likeness (QED) is 0.259. The highest BCUT2D eigenvalue weighted by Crippen LogP contribution is 2.29. The Balaban J connectivity index is 1.39. The predicted molar refractivity (Wildman–Crippen MR) is 142 cm³/mol. The number of hydrogen-bond acceptors (Lipinski definition) is 5. The van der Waals surface area contributed by atoms with Crippen LogP contribution < -0.4 is 9.47 Å². The van der Waals surface area contributed by atoms with E-state index in [1.54, 1.807) is 43.6 Å². The van der Waals surface area contributed by atoms with Crippen molar-refractivity contribution >= 4 is 23.0 Å². The van der Waals surface area contributed by atoms with Crippen molar-refractivity contribution in [1.82, 2.24) is 19.4 Å². The number of benzene rings is 2. The molecule has 0 bridgehead atoms. The fraction of sp³-hybridized carbons (Fsp3) is 0.276. The average molecular weight is 485 g/mol. The molecule has 7 heteroatoms. The van der Waals surface area contributed by atoms with Gasteiger partial charge in [-0.2, -0.15) is 0 Å². The van der Waals surface area contributed by atoms with Gasteiger partial charge in [-0.1, -0.05) is 30.4 Å². The number of hydrogen-bond donors (Lipinski definition) is 0. The molecule has 2 heterocycles. The van der Waals surface area contributed by atoms with Gasteiger partial charge in [0.1, 0.15) is 5.82 Å². The fourth-order valence-electron chi connectivity index (χ4n) is 4.15. The maximum atomic E-state index is 12.8. The summed E-state index contributed by atoms with van der Waals surface area (Å²) in [6, 6.07) is 17.5. The Morgan fingerprint density at radius 3 is 2.64 bits per heavy atom. The summed E-state index contributed by atoms with van der Waals surface area (Å²) < 4.78 is 13.7. The first-order valence-electron chi connectivity index (χ1n) is 12.1. The minimum Gasteiger partial charge on any atom is -0.493 e. The number of nitrogens with zero attached hydrogens (tertiary/aromatic N) is 4. The van der Waals surface area contributed by atoms with Gasteiger partial charge >= 0.3 is 0 Å². The topological polar surface area (TPSA) is 69.5 Å². The maximum Gasteiger partial charge on any atom is 0.254 e. The highest BCUT2D eigenvalue weighted by Gasteiger charge is 2.17. The molecule has 1 amide bonds.